The highest BCUT2D eigenvalue weighted by Crippen LogP contribution is 2.29. The van der Waals surface area contributed by atoms with Crippen molar-refractivity contribution in [1.82, 2.24) is 9.97 Å². The molecule has 0 saturated heterocycles. The van der Waals surface area contributed by atoms with Gasteiger partial charge in [0.15, 0.2) is 0 Å². The van der Waals surface area contributed by atoms with Crippen LogP contribution in [0.1, 0.15) is 19.4 Å². The van der Waals surface area contributed by atoms with Gasteiger partial charge in [0.2, 0.25) is 5.95 Å². The van der Waals surface area contributed by atoms with E-state index >= 15 is 0 Å². The molecule has 0 aliphatic heterocycles. The summed E-state index contributed by atoms with van der Waals surface area (Å²) in [6.07, 6.45) is -4.79. The molecule has 0 amide bonds. The fourth-order valence-electron chi connectivity index (χ4n) is 2.95. The van der Waals surface area contributed by atoms with Gasteiger partial charge in [0.1, 0.15) is 11.6 Å². The van der Waals surface area contributed by atoms with Gasteiger partial charge in [-0.3, -0.25) is 0 Å². The fraction of sp³-hybridized carbons (Fsp3) is 0.304. The Morgan fingerprint density at radius 2 is 1.75 bits per heavy atom. The molecule has 1 heterocycles. The van der Waals surface area contributed by atoms with Crippen molar-refractivity contribution in [3.05, 3.63) is 60.2 Å². The van der Waals surface area contributed by atoms with Crippen LogP contribution in [0.25, 0.3) is 11.3 Å². The molecule has 6 nitrogen and oxygen atoms in total. The largest absolute Gasteiger partial charge is 0.573 e. The summed E-state index contributed by atoms with van der Waals surface area (Å²) in [5, 5.41) is 16.0. The van der Waals surface area contributed by atoms with Crippen LogP contribution in [0.3, 0.4) is 0 Å². The summed E-state index contributed by atoms with van der Waals surface area (Å²) >= 11 is 0. The van der Waals surface area contributed by atoms with E-state index in [0.29, 0.717) is 17.1 Å². The number of hydrogen-bond donors (Lipinski definition) is 3. The molecule has 0 aliphatic rings. The summed E-state index contributed by atoms with van der Waals surface area (Å²) in [7, 11) is 0. The minimum Gasteiger partial charge on any atom is -0.406 e. The zero-order chi connectivity index (χ0) is 23.3. The topological polar surface area (TPSA) is 79.3 Å². The fourth-order valence-corrected chi connectivity index (χ4v) is 2.95. The highest BCUT2D eigenvalue weighted by Gasteiger charge is 2.31. The van der Waals surface area contributed by atoms with Gasteiger partial charge in [-0.15, -0.1) is 13.2 Å². The second kappa shape index (κ2) is 9.86. The zero-order valence-corrected chi connectivity index (χ0v) is 17.9. The summed E-state index contributed by atoms with van der Waals surface area (Å²) in [5.41, 5.74) is 2.72. The van der Waals surface area contributed by atoms with Gasteiger partial charge in [0.25, 0.3) is 0 Å². The number of halogens is 3. The first-order valence-electron chi connectivity index (χ1n) is 10.1. The van der Waals surface area contributed by atoms with E-state index in [0.717, 1.165) is 11.3 Å². The second-order valence-corrected chi connectivity index (χ2v) is 7.71. The maximum absolute atomic E-state index is 12.6. The number of benzene rings is 2. The first-order valence-corrected chi connectivity index (χ1v) is 10.1. The Bertz CT molecular complexity index is 1040. The minimum absolute atomic E-state index is 0.101. The Kier molecular flexibility index (Phi) is 7.19. The number of anilines is 3. The minimum atomic E-state index is -4.79. The average Bonchev–Trinajstić information content (AvgIpc) is 2.72. The van der Waals surface area contributed by atoms with Crippen LogP contribution in [0.2, 0.25) is 0 Å². The molecule has 32 heavy (non-hydrogen) atoms. The third-order valence-corrected chi connectivity index (χ3v) is 4.73. The van der Waals surface area contributed by atoms with Crippen LogP contribution in [0.15, 0.2) is 54.6 Å². The lowest BCUT2D eigenvalue weighted by Gasteiger charge is -2.21. The number of nitrogens with one attached hydrogen (secondary N) is 2. The lowest BCUT2D eigenvalue weighted by atomic mass is 10.1. The van der Waals surface area contributed by atoms with Crippen molar-refractivity contribution in [2.75, 3.05) is 17.2 Å². The number of nitrogens with zero attached hydrogens (tertiary/aromatic N) is 2. The standard InChI is InChI=1S/C23H25F3N4O2/c1-14(2)20(13-31)29-22-28-19(16-5-4-6-18(11-16)32-23(24,25)26)12-21(30-22)27-17-9-7-15(3)8-10-17/h4-12,14,20,31H,13H2,1-3H3,(H2,27,28,29,30)/t20-/m0/s1. The van der Waals surface area contributed by atoms with Crippen LogP contribution in [0, 0.1) is 12.8 Å². The summed E-state index contributed by atoms with van der Waals surface area (Å²) in [5.74, 6) is 0.451. The van der Waals surface area contributed by atoms with Crippen LogP contribution in [0.5, 0.6) is 5.75 Å². The molecule has 0 saturated carbocycles. The molecule has 0 radical (unpaired) electrons. The monoisotopic (exact) mass is 446 g/mol. The number of aliphatic hydroxyl groups is 1. The van der Waals surface area contributed by atoms with Crippen molar-refractivity contribution >= 4 is 17.5 Å². The van der Waals surface area contributed by atoms with E-state index in [-0.39, 0.29) is 30.3 Å². The number of alkyl halides is 3. The Labute approximate surface area is 184 Å². The van der Waals surface area contributed by atoms with Crippen molar-refractivity contribution < 1.29 is 23.0 Å². The number of hydrogen-bond acceptors (Lipinski definition) is 6. The van der Waals surface area contributed by atoms with Gasteiger partial charge in [0.05, 0.1) is 18.3 Å². The summed E-state index contributed by atoms with van der Waals surface area (Å²) in [4.78, 5) is 8.93. The van der Waals surface area contributed by atoms with Crippen molar-refractivity contribution in [3.63, 3.8) is 0 Å². The molecule has 3 aromatic rings. The second-order valence-electron chi connectivity index (χ2n) is 7.71. The molecule has 1 aromatic heterocycles. The molecular weight excluding hydrogens is 421 g/mol. The number of rotatable bonds is 8. The first kappa shape index (κ1) is 23.3. The maximum Gasteiger partial charge on any atom is 0.573 e. The molecule has 0 bridgehead atoms. The number of aryl methyl sites for hydroxylation is 1. The molecule has 0 unspecified atom stereocenters. The molecule has 2 aromatic carbocycles. The molecule has 0 aliphatic carbocycles. The van der Waals surface area contributed by atoms with Gasteiger partial charge >= 0.3 is 6.36 Å². The van der Waals surface area contributed by atoms with Crippen LogP contribution in [-0.4, -0.2) is 34.1 Å². The smallest absolute Gasteiger partial charge is 0.406 e. The molecule has 0 spiro atoms. The summed E-state index contributed by atoms with van der Waals surface area (Å²) < 4.78 is 42.0. The van der Waals surface area contributed by atoms with E-state index in [2.05, 4.69) is 25.3 Å². The van der Waals surface area contributed by atoms with E-state index in [1.807, 2.05) is 45.0 Å². The molecule has 0 fully saturated rings. The molecule has 3 N–H and O–H groups in total. The highest BCUT2D eigenvalue weighted by atomic mass is 19.4. The third kappa shape index (κ3) is 6.58. The molecule has 3 rings (SSSR count). The van der Waals surface area contributed by atoms with E-state index < -0.39 is 6.36 Å². The van der Waals surface area contributed by atoms with Gasteiger partial charge < -0.3 is 20.5 Å². The van der Waals surface area contributed by atoms with Crippen molar-refractivity contribution in [3.8, 4) is 17.0 Å². The van der Waals surface area contributed by atoms with Gasteiger partial charge in [-0.2, -0.15) is 4.98 Å². The summed E-state index contributed by atoms with van der Waals surface area (Å²) in [6, 6.07) is 14.6. The van der Waals surface area contributed by atoms with Gasteiger partial charge in [-0.25, -0.2) is 4.98 Å². The normalized spacial score (nSPS) is 12.5. The number of aromatic nitrogens is 2. The lowest BCUT2D eigenvalue weighted by Crippen LogP contribution is -2.30. The number of ether oxygens (including phenoxy) is 1. The van der Waals surface area contributed by atoms with Crippen LogP contribution in [0.4, 0.5) is 30.6 Å². The van der Waals surface area contributed by atoms with Crippen LogP contribution in [-0.2, 0) is 0 Å². The molecule has 170 valence electrons. The number of aliphatic hydroxyl groups excluding tert-OH is 1. The van der Waals surface area contributed by atoms with E-state index in [1.165, 1.54) is 18.2 Å². The average molecular weight is 446 g/mol. The lowest BCUT2D eigenvalue weighted by molar-refractivity contribution is -0.274. The quantitative estimate of drug-likeness (QED) is 0.423. The van der Waals surface area contributed by atoms with Gasteiger partial charge in [0, 0.05) is 17.3 Å². The predicted molar refractivity (Wildman–Crippen MR) is 118 cm³/mol. The Balaban J connectivity index is 1.99. The predicted octanol–water partition coefficient (Wildman–Crippen LogP) is 5.52. The third-order valence-electron chi connectivity index (χ3n) is 4.73. The SMILES string of the molecule is Cc1ccc(Nc2cc(-c3cccc(OC(F)(F)F)c3)nc(N[C@@H](CO)C(C)C)n2)cc1. The Morgan fingerprint density at radius 1 is 1.03 bits per heavy atom. The van der Waals surface area contributed by atoms with Gasteiger partial charge in [-0.1, -0.05) is 43.7 Å². The van der Waals surface area contributed by atoms with Crippen molar-refractivity contribution in [2.24, 2.45) is 5.92 Å². The van der Waals surface area contributed by atoms with Gasteiger partial charge in [-0.05, 0) is 37.1 Å². The van der Waals surface area contributed by atoms with Crippen molar-refractivity contribution in [2.45, 2.75) is 33.2 Å². The Morgan fingerprint density at radius 3 is 2.38 bits per heavy atom. The van der Waals surface area contributed by atoms with E-state index in [9.17, 15) is 18.3 Å². The zero-order valence-electron chi connectivity index (χ0n) is 17.9. The van der Waals surface area contributed by atoms with Crippen LogP contribution >= 0.6 is 0 Å². The Hall–Kier alpha value is -3.33. The maximum atomic E-state index is 12.6. The summed E-state index contributed by atoms with van der Waals surface area (Å²) in [6.45, 7) is 5.74. The van der Waals surface area contributed by atoms with E-state index in [4.69, 9.17) is 0 Å². The highest BCUT2D eigenvalue weighted by molar-refractivity contribution is 5.68. The molecule has 9 heteroatoms. The molecule has 1 atom stereocenters. The van der Waals surface area contributed by atoms with Crippen molar-refractivity contribution in [1.29, 1.82) is 0 Å². The van der Waals surface area contributed by atoms with Crippen LogP contribution < -0.4 is 15.4 Å². The van der Waals surface area contributed by atoms with E-state index in [1.54, 1.807) is 12.1 Å². The molecular formula is C23H25F3N4O2. The first-order chi connectivity index (χ1) is 15.1.